The Hall–Kier alpha value is -0.790. The van der Waals surface area contributed by atoms with E-state index in [1.165, 1.54) is 0 Å². The molecule has 1 aliphatic carbocycles. The van der Waals surface area contributed by atoms with E-state index in [1.54, 1.807) is 0 Å². The molecule has 0 heterocycles. The van der Waals surface area contributed by atoms with Crippen molar-refractivity contribution >= 4 is 5.97 Å². The van der Waals surface area contributed by atoms with Crippen molar-refractivity contribution < 1.29 is 9.53 Å². The first-order chi connectivity index (χ1) is 5.33. The minimum Gasteiger partial charge on any atom is -0.466 e. The van der Waals surface area contributed by atoms with Gasteiger partial charge >= 0.3 is 5.97 Å². The molecular weight excluding hydrogens is 140 g/mol. The second kappa shape index (κ2) is 4.16. The Bertz CT molecular complexity index is 153. The zero-order valence-corrected chi connectivity index (χ0v) is 6.88. The van der Waals surface area contributed by atoms with E-state index in [4.69, 9.17) is 4.74 Å². The van der Waals surface area contributed by atoms with E-state index < -0.39 is 0 Å². The monoisotopic (exact) mass is 154 g/mol. The SMILES string of the molecule is CCOC(=O)CC1CC=CC1. The van der Waals surface area contributed by atoms with Gasteiger partial charge in [0.25, 0.3) is 0 Å². The van der Waals surface area contributed by atoms with Crippen LogP contribution >= 0.6 is 0 Å². The standard InChI is InChI=1S/C9H14O2/c1-2-11-9(10)7-8-5-3-4-6-8/h3-4,8H,2,5-7H2,1H3. The fraction of sp³-hybridized carbons (Fsp3) is 0.667. The highest BCUT2D eigenvalue weighted by atomic mass is 16.5. The molecule has 2 heteroatoms. The maximum absolute atomic E-state index is 10.9. The van der Waals surface area contributed by atoms with E-state index in [0.29, 0.717) is 18.9 Å². The van der Waals surface area contributed by atoms with Crippen LogP contribution in [0, 0.1) is 5.92 Å². The smallest absolute Gasteiger partial charge is 0.306 e. The Morgan fingerprint density at radius 3 is 2.73 bits per heavy atom. The summed E-state index contributed by atoms with van der Waals surface area (Å²) in [6.07, 6.45) is 6.92. The van der Waals surface area contributed by atoms with E-state index in [9.17, 15) is 4.79 Å². The summed E-state index contributed by atoms with van der Waals surface area (Å²) >= 11 is 0. The molecule has 0 aromatic rings. The van der Waals surface area contributed by atoms with Gasteiger partial charge < -0.3 is 4.74 Å². The average Bonchev–Trinajstić information content (AvgIpc) is 2.40. The molecule has 0 saturated heterocycles. The lowest BCUT2D eigenvalue weighted by Crippen LogP contribution is -2.09. The number of esters is 1. The summed E-state index contributed by atoms with van der Waals surface area (Å²) in [7, 11) is 0. The Labute approximate surface area is 67.2 Å². The second-order valence-electron chi connectivity index (χ2n) is 2.82. The molecule has 0 amide bonds. The number of hydrogen-bond donors (Lipinski definition) is 0. The lowest BCUT2D eigenvalue weighted by Gasteiger charge is -2.06. The van der Waals surface area contributed by atoms with Gasteiger partial charge in [0.2, 0.25) is 0 Å². The van der Waals surface area contributed by atoms with Crippen molar-refractivity contribution in [3.05, 3.63) is 12.2 Å². The molecule has 2 nitrogen and oxygen atoms in total. The van der Waals surface area contributed by atoms with Crippen molar-refractivity contribution in [2.24, 2.45) is 5.92 Å². The predicted octanol–water partition coefficient (Wildman–Crippen LogP) is 1.91. The Morgan fingerprint density at radius 2 is 2.18 bits per heavy atom. The fourth-order valence-electron chi connectivity index (χ4n) is 1.30. The quantitative estimate of drug-likeness (QED) is 0.458. The van der Waals surface area contributed by atoms with Gasteiger partial charge in [-0.05, 0) is 25.7 Å². The second-order valence-corrected chi connectivity index (χ2v) is 2.82. The van der Waals surface area contributed by atoms with E-state index in [0.717, 1.165) is 12.8 Å². The van der Waals surface area contributed by atoms with Crippen LogP contribution in [0.4, 0.5) is 0 Å². The maximum Gasteiger partial charge on any atom is 0.306 e. The van der Waals surface area contributed by atoms with Crippen LogP contribution in [0.25, 0.3) is 0 Å². The highest BCUT2D eigenvalue weighted by Crippen LogP contribution is 2.21. The number of allylic oxidation sites excluding steroid dienone is 2. The maximum atomic E-state index is 10.9. The van der Waals surface area contributed by atoms with Gasteiger partial charge in [0.05, 0.1) is 6.61 Å². The first-order valence-corrected chi connectivity index (χ1v) is 4.13. The summed E-state index contributed by atoms with van der Waals surface area (Å²) < 4.78 is 4.84. The molecule has 0 aromatic heterocycles. The number of hydrogen-bond acceptors (Lipinski definition) is 2. The van der Waals surface area contributed by atoms with Gasteiger partial charge in [0, 0.05) is 6.42 Å². The molecule has 1 aliphatic rings. The molecule has 0 radical (unpaired) electrons. The number of rotatable bonds is 3. The molecule has 0 saturated carbocycles. The molecule has 0 bridgehead atoms. The van der Waals surface area contributed by atoms with Crippen LogP contribution in [0.3, 0.4) is 0 Å². The third-order valence-corrected chi connectivity index (χ3v) is 1.87. The Kier molecular flexibility index (Phi) is 3.14. The zero-order valence-electron chi connectivity index (χ0n) is 6.88. The largest absolute Gasteiger partial charge is 0.466 e. The molecule has 0 spiro atoms. The van der Waals surface area contributed by atoms with Crippen LogP contribution < -0.4 is 0 Å². The van der Waals surface area contributed by atoms with Crippen molar-refractivity contribution in [3.8, 4) is 0 Å². The van der Waals surface area contributed by atoms with Crippen molar-refractivity contribution in [2.45, 2.75) is 26.2 Å². The van der Waals surface area contributed by atoms with Crippen LogP contribution in [0.5, 0.6) is 0 Å². The number of carbonyl (C=O) groups excluding carboxylic acids is 1. The molecule has 1 rings (SSSR count). The predicted molar refractivity (Wildman–Crippen MR) is 43.1 cm³/mol. The van der Waals surface area contributed by atoms with Crippen molar-refractivity contribution in [1.29, 1.82) is 0 Å². The molecule has 0 aromatic carbocycles. The summed E-state index contributed by atoms with van der Waals surface area (Å²) in [6, 6.07) is 0. The summed E-state index contributed by atoms with van der Waals surface area (Å²) in [5.74, 6) is 0.454. The van der Waals surface area contributed by atoms with Crippen molar-refractivity contribution in [2.75, 3.05) is 6.61 Å². The minimum atomic E-state index is -0.0544. The summed E-state index contributed by atoms with van der Waals surface area (Å²) in [5, 5.41) is 0. The molecule has 0 atom stereocenters. The highest BCUT2D eigenvalue weighted by molar-refractivity contribution is 5.69. The van der Waals surface area contributed by atoms with Gasteiger partial charge in [0.1, 0.15) is 0 Å². The van der Waals surface area contributed by atoms with Gasteiger partial charge in [-0.25, -0.2) is 0 Å². The number of ether oxygens (including phenoxy) is 1. The third kappa shape index (κ3) is 2.74. The third-order valence-electron chi connectivity index (χ3n) is 1.87. The molecule has 0 N–H and O–H groups in total. The molecular formula is C9H14O2. The highest BCUT2D eigenvalue weighted by Gasteiger charge is 2.14. The number of carbonyl (C=O) groups is 1. The van der Waals surface area contributed by atoms with Gasteiger partial charge in [-0.2, -0.15) is 0 Å². The zero-order chi connectivity index (χ0) is 8.10. The summed E-state index contributed by atoms with van der Waals surface area (Å²) in [4.78, 5) is 10.9. The van der Waals surface area contributed by atoms with E-state index in [2.05, 4.69) is 12.2 Å². The normalized spacial score (nSPS) is 17.2. The average molecular weight is 154 g/mol. The summed E-state index contributed by atoms with van der Waals surface area (Å²) in [5.41, 5.74) is 0. The van der Waals surface area contributed by atoms with E-state index in [1.807, 2.05) is 6.92 Å². The first kappa shape index (κ1) is 8.31. The first-order valence-electron chi connectivity index (χ1n) is 4.13. The topological polar surface area (TPSA) is 26.3 Å². The lowest BCUT2D eigenvalue weighted by atomic mass is 10.0. The van der Waals surface area contributed by atoms with Gasteiger partial charge in [0.15, 0.2) is 0 Å². The van der Waals surface area contributed by atoms with E-state index in [-0.39, 0.29) is 5.97 Å². The van der Waals surface area contributed by atoms with Gasteiger partial charge in [-0.1, -0.05) is 12.2 Å². The van der Waals surface area contributed by atoms with Crippen molar-refractivity contribution in [1.82, 2.24) is 0 Å². The van der Waals surface area contributed by atoms with Crippen LogP contribution in [-0.4, -0.2) is 12.6 Å². The Balaban J connectivity index is 2.15. The van der Waals surface area contributed by atoms with E-state index >= 15 is 0 Å². The molecule has 0 fully saturated rings. The van der Waals surface area contributed by atoms with Gasteiger partial charge in [-0.3, -0.25) is 4.79 Å². The molecule has 62 valence electrons. The Morgan fingerprint density at radius 1 is 1.55 bits per heavy atom. The molecule has 11 heavy (non-hydrogen) atoms. The lowest BCUT2D eigenvalue weighted by molar-refractivity contribution is -0.144. The minimum absolute atomic E-state index is 0.0544. The van der Waals surface area contributed by atoms with Crippen LogP contribution in [0.2, 0.25) is 0 Å². The molecule has 0 unspecified atom stereocenters. The van der Waals surface area contributed by atoms with Crippen LogP contribution in [0.1, 0.15) is 26.2 Å². The van der Waals surface area contributed by atoms with Crippen molar-refractivity contribution in [3.63, 3.8) is 0 Å². The van der Waals surface area contributed by atoms with Crippen LogP contribution in [0.15, 0.2) is 12.2 Å². The summed E-state index contributed by atoms with van der Waals surface area (Å²) in [6.45, 7) is 2.34. The van der Waals surface area contributed by atoms with Gasteiger partial charge in [-0.15, -0.1) is 0 Å². The molecule has 0 aliphatic heterocycles. The van der Waals surface area contributed by atoms with Crippen LogP contribution in [-0.2, 0) is 9.53 Å². The fourth-order valence-corrected chi connectivity index (χ4v) is 1.30.